The molecule has 0 spiro atoms. The first-order chi connectivity index (χ1) is 14.8. The van der Waals surface area contributed by atoms with E-state index < -0.39 is 18.5 Å². The van der Waals surface area contributed by atoms with Gasteiger partial charge in [-0.1, -0.05) is 28.1 Å². The average Bonchev–Trinajstić information content (AvgIpc) is 3.27. The van der Waals surface area contributed by atoms with Crippen molar-refractivity contribution in [3.05, 3.63) is 52.3 Å². The molecule has 31 heavy (non-hydrogen) atoms. The highest BCUT2D eigenvalue weighted by Gasteiger charge is 2.34. The Kier molecular flexibility index (Phi) is 5.92. The highest BCUT2D eigenvalue weighted by Crippen LogP contribution is 2.42. The molecule has 8 nitrogen and oxygen atoms in total. The summed E-state index contributed by atoms with van der Waals surface area (Å²) in [7, 11) is 0. The molecule has 0 radical (unpaired) electrons. The second kappa shape index (κ2) is 8.63. The van der Waals surface area contributed by atoms with Gasteiger partial charge < -0.3 is 21.0 Å². The number of para-hydroxylation sites is 1. The summed E-state index contributed by atoms with van der Waals surface area (Å²) >= 11 is 3.24. The number of primary amides is 1. The molecule has 2 aliphatic rings. The number of anilines is 3. The molecule has 0 aliphatic carbocycles. The predicted octanol–water partition coefficient (Wildman–Crippen LogP) is 3.50. The van der Waals surface area contributed by atoms with Crippen LogP contribution in [0.2, 0.25) is 0 Å². The van der Waals surface area contributed by atoms with Crippen LogP contribution in [0.15, 0.2) is 46.0 Å². The summed E-state index contributed by atoms with van der Waals surface area (Å²) in [5.41, 5.74) is 9.49. The predicted molar refractivity (Wildman–Crippen MR) is 113 cm³/mol. The van der Waals surface area contributed by atoms with E-state index >= 15 is 0 Å². The van der Waals surface area contributed by atoms with Gasteiger partial charge in [0.25, 0.3) is 0 Å². The molecule has 2 aromatic carbocycles. The van der Waals surface area contributed by atoms with Gasteiger partial charge in [-0.15, -0.1) is 0 Å². The summed E-state index contributed by atoms with van der Waals surface area (Å²) in [6.45, 7) is -2.51. The monoisotopic (exact) mass is 498 g/mol. The number of hydrazone groups is 1. The highest BCUT2D eigenvalue weighted by atomic mass is 79.9. The number of benzene rings is 2. The molecule has 3 N–H and O–H groups in total. The number of nitrogens with one attached hydrogen (secondary N) is 1. The van der Waals surface area contributed by atoms with E-state index in [1.807, 2.05) is 0 Å². The fraction of sp³-hybridized carbons (Fsp3) is 0.263. The molecular formula is C19H18BrF3N6O2. The SMILES string of the molecule is NC(=O)N1Cc2cccc(N(OC(F)F)c3cc(Br)ccc3F)c2N(C2C=NNC2)C1. The number of nitrogens with two attached hydrogens (primary N) is 1. The molecule has 0 fully saturated rings. The van der Waals surface area contributed by atoms with Crippen molar-refractivity contribution in [2.24, 2.45) is 10.8 Å². The van der Waals surface area contributed by atoms with Gasteiger partial charge in [0.15, 0.2) is 0 Å². The van der Waals surface area contributed by atoms with Crippen molar-refractivity contribution in [2.75, 3.05) is 23.2 Å². The van der Waals surface area contributed by atoms with Crippen LogP contribution in [-0.4, -0.2) is 43.0 Å². The molecule has 1 unspecified atom stereocenters. The Hall–Kier alpha value is -2.99. The van der Waals surface area contributed by atoms with E-state index in [1.165, 1.54) is 17.0 Å². The first-order valence-electron chi connectivity index (χ1n) is 9.24. The maximum atomic E-state index is 14.7. The van der Waals surface area contributed by atoms with E-state index in [1.54, 1.807) is 29.3 Å². The molecule has 0 saturated carbocycles. The van der Waals surface area contributed by atoms with E-state index in [0.29, 0.717) is 22.3 Å². The largest absolute Gasteiger partial charge is 0.365 e. The van der Waals surface area contributed by atoms with Gasteiger partial charge in [0.05, 0.1) is 37.2 Å². The van der Waals surface area contributed by atoms with Crippen LogP contribution in [0.3, 0.4) is 0 Å². The number of hydrogen-bond donors (Lipinski definition) is 2. The third-order valence-electron chi connectivity index (χ3n) is 4.95. The number of carbonyl (C=O) groups excluding carboxylic acids is 1. The zero-order valence-corrected chi connectivity index (χ0v) is 17.6. The second-order valence-electron chi connectivity index (χ2n) is 6.90. The molecule has 2 heterocycles. The molecule has 2 amide bonds. The van der Waals surface area contributed by atoms with Gasteiger partial charge in [-0.2, -0.15) is 18.7 Å². The van der Waals surface area contributed by atoms with Gasteiger partial charge in [-0.3, -0.25) is 0 Å². The molecular weight excluding hydrogens is 481 g/mol. The quantitative estimate of drug-likeness (QED) is 0.616. The van der Waals surface area contributed by atoms with E-state index in [4.69, 9.17) is 10.6 Å². The Morgan fingerprint density at radius 2 is 2.13 bits per heavy atom. The summed E-state index contributed by atoms with van der Waals surface area (Å²) in [5.74, 6) is -0.744. The lowest BCUT2D eigenvalue weighted by atomic mass is 10.0. The summed E-state index contributed by atoms with van der Waals surface area (Å²) in [4.78, 5) is 19.8. The zero-order chi connectivity index (χ0) is 22.1. The lowest BCUT2D eigenvalue weighted by Gasteiger charge is -2.42. The average molecular weight is 499 g/mol. The molecule has 4 rings (SSSR count). The van der Waals surface area contributed by atoms with Crippen molar-refractivity contribution < 1.29 is 22.8 Å². The number of alkyl halides is 2. The minimum atomic E-state index is -3.21. The van der Waals surface area contributed by atoms with Crippen molar-refractivity contribution in [1.29, 1.82) is 0 Å². The normalized spacial score (nSPS) is 17.6. The molecule has 0 saturated heterocycles. The van der Waals surface area contributed by atoms with Crippen molar-refractivity contribution in [2.45, 2.75) is 19.2 Å². The van der Waals surface area contributed by atoms with Crippen molar-refractivity contribution in [1.82, 2.24) is 10.3 Å². The van der Waals surface area contributed by atoms with Gasteiger partial charge >= 0.3 is 12.6 Å². The second-order valence-corrected chi connectivity index (χ2v) is 7.81. The number of carbonyl (C=O) groups is 1. The molecule has 164 valence electrons. The molecule has 2 aliphatic heterocycles. The van der Waals surface area contributed by atoms with Gasteiger partial charge in [-0.25, -0.2) is 14.2 Å². The fourth-order valence-electron chi connectivity index (χ4n) is 3.62. The standard InChI is InChI=1S/C19H18BrF3N6O2/c20-12-4-5-14(21)16(6-12)29(31-18(22)23)15-3-1-2-11-9-27(19(24)30)10-28(17(11)15)13-7-25-26-8-13/h1-7,13,18,26H,8-10H2,(H2,24,30). The summed E-state index contributed by atoms with van der Waals surface area (Å²) < 4.78 is 41.9. The third kappa shape index (κ3) is 4.26. The molecule has 1 atom stereocenters. The van der Waals surface area contributed by atoms with Crippen molar-refractivity contribution >= 4 is 45.2 Å². The zero-order valence-electron chi connectivity index (χ0n) is 16.0. The number of amides is 2. The van der Waals surface area contributed by atoms with Crippen LogP contribution in [0.25, 0.3) is 0 Å². The van der Waals surface area contributed by atoms with Gasteiger partial charge in [-0.05, 0) is 29.8 Å². The van der Waals surface area contributed by atoms with Crippen LogP contribution in [0.4, 0.5) is 35.0 Å². The Labute approximate surface area is 184 Å². The van der Waals surface area contributed by atoms with Crippen molar-refractivity contribution in [3.8, 4) is 0 Å². The number of nitrogens with zero attached hydrogens (tertiary/aromatic N) is 4. The maximum absolute atomic E-state index is 14.7. The highest BCUT2D eigenvalue weighted by molar-refractivity contribution is 9.10. The molecule has 0 bridgehead atoms. The maximum Gasteiger partial charge on any atom is 0.365 e. The first kappa shape index (κ1) is 21.2. The topological polar surface area (TPSA) is 86.4 Å². The smallest absolute Gasteiger partial charge is 0.351 e. The molecule has 12 heteroatoms. The number of fused-ring (bicyclic) bond motifs is 1. The van der Waals surface area contributed by atoms with E-state index in [0.717, 1.165) is 11.1 Å². The third-order valence-corrected chi connectivity index (χ3v) is 5.44. The Balaban J connectivity index is 1.88. The minimum Gasteiger partial charge on any atom is -0.351 e. The number of hydrogen-bond acceptors (Lipinski definition) is 6. The van der Waals surface area contributed by atoms with E-state index in [9.17, 15) is 18.0 Å². The number of urea groups is 1. The fourth-order valence-corrected chi connectivity index (χ4v) is 3.97. The first-order valence-corrected chi connectivity index (χ1v) is 10.0. The van der Waals surface area contributed by atoms with Crippen LogP contribution in [0.5, 0.6) is 0 Å². The summed E-state index contributed by atoms with van der Waals surface area (Å²) in [6.07, 6.45) is 1.64. The Morgan fingerprint density at radius 1 is 1.32 bits per heavy atom. The summed E-state index contributed by atoms with van der Waals surface area (Å²) in [6, 6.07) is 7.96. The van der Waals surface area contributed by atoms with Gasteiger partial charge in [0, 0.05) is 10.7 Å². The number of halogens is 4. The van der Waals surface area contributed by atoms with Crippen LogP contribution in [0.1, 0.15) is 5.56 Å². The Bertz CT molecular complexity index is 1020. The van der Waals surface area contributed by atoms with Crippen molar-refractivity contribution in [3.63, 3.8) is 0 Å². The van der Waals surface area contributed by atoms with Crippen LogP contribution in [-0.2, 0) is 11.4 Å². The van der Waals surface area contributed by atoms with Crippen LogP contribution < -0.4 is 21.1 Å². The van der Waals surface area contributed by atoms with Crippen LogP contribution in [0, 0.1) is 5.82 Å². The summed E-state index contributed by atoms with van der Waals surface area (Å²) in [5, 5.41) is 4.78. The van der Waals surface area contributed by atoms with E-state index in [-0.39, 0.29) is 30.6 Å². The van der Waals surface area contributed by atoms with Gasteiger partial charge in [0.2, 0.25) is 0 Å². The molecule has 2 aromatic rings. The lowest BCUT2D eigenvalue weighted by molar-refractivity contribution is -0.129. The van der Waals surface area contributed by atoms with Crippen LogP contribution >= 0.6 is 15.9 Å². The minimum absolute atomic E-state index is 0.0984. The van der Waals surface area contributed by atoms with Gasteiger partial charge in [0.1, 0.15) is 11.5 Å². The number of rotatable bonds is 5. The molecule has 0 aromatic heterocycles. The Morgan fingerprint density at radius 3 is 2.81 bits per heavy atom. The lowest BCUT2D eigenvalue weighted by Crippen LogP contribution is -2.52. The van der Waals surface area contributed by atoms with E-state index in [2.05, 4.69) is 26.5 Å².